The molecule has 0 N–H and O–H groups in total. The summed E-state index contributed by atoms with van der Waals surface area (Å²) in [5.74, 6) is 0. The van der Waals surface area contributed by atoms with Crippen molar-refractivity contribution in [2.45, 2.75) is 0 Å². The number of nitrogens with zero attached hydrogens (tertiary/aromatic N) is 4. The van der Waals surface area contributed by atoms with Gasteiger partial charge in [-0.05, 0) is 116 Å². The third-order valence-corrected chi connectivity index (χ3v) is 13.4. The minimum Gasteiger partial charge on any atom is -0.308 e. The maximum absolute atomic E-state index is 11.2. The van der Waals surface area contributed by atoms with E-state index in [0.29, 0.717) is 11.1 Å². The number of benzene rings is 12. The molecule has 70 heavy (non-hydrogen) atoms. The number of hydrogen-bond acceptors (Lipinski definition) is 4. The Hall–Kier alpha value is -9.74. The van der Waals surface area contributed by atoms with E-state index in [0.717, 1.165) is 111 Å². The molecule has 0 heterocycles. The van der Waals surface area contributed by atoms with E-state index in [1.165, 1.54) is 0 Å². The SMILES string of the molecule is N#Cc1cc(-c2ccccc2)cc(-c2ccccc2)c1N(c1ccccc1)c1ccc2ccc3c(N(c4ccccc4)c4c(C#N)cc(-c5ccccc5)cc4-c4ccccc4)ccc4ccc1c2c43. The highest BCUT2D eigenvalue weighted by atomic mass is 15.2. The molecular formula is C66H42N4. The van der Waals surface area contributed by atoms with Gasteiger partial charge in [0.15, 0.2) is 0 Å². The van der Waals surface area contributed by atoms with Crippen LogP contribution < -0.4 is 9.80 Å². The lowest BCUT2D eigenvalue weighted by molar-refractivity contribution is 1.28. The largest absolute Gasteiger partial charge is 0.308 e. The molecule has 12 aromatic rings. The molecule has 12 aromatic carbocycles. The standard InChI is InChI=1S/C66H42N4/c67-43-53-39-51(45-19-7-1-8-20-45)41-59(47-23-11-3-12-24-47)65(53)69(55-27-15-5-16-28-55)61-37-33-49-32-36-58-62(38-34-50-31-35-57(61)63(49)64(50)58)70(56-29-17-6-18-30-56)66-54(44-68)40-52(46-21-9-2-10-22-46)42-60(66)48-25-13-4-14-26-48/h1-42H. The van der Waals surface area contributed by atoms with Crippen molar-refractivity contribution >= 4 is 66.4 Å². The van der Waals surface area contributed by atoms with Crippen LogP contribution in [0.15, 0.2) is 255 Å². The number of hydrogen-bond donors (Lipinski definition) is 0. The van der Waals surface area contributed by atoms with Crippen LogP contribution >= 0.6 is 0 Å². The molecule has 0 fully saturated rings. The summed E-state index contributed by atoms with van der Waals surface area (Å²) in [4.78, 5) is 4.55. The summed E-state index contributed by atoms with van der Waals surface area (Å²) in [6, 6.07) is 93.7. The average Bonchev–Trinajstić information content (AvgIpc) is 3.44. The van der Waals surface area contributed by atoms with Crippen molar-refractivity contribution in [3.05, 3.63) is 266 Å². The van der Waals surface area contributed by atoms with Crippen molar-refractivity contribution in [1.29, 1.82) is 10.5 Å². The van der Waals surface area contributed by atoms with Gasteiger partial charge in [-0.2, -0.15) is 10.5 Å². The van der Waals surface area contributed by atoms with E-state index in [2.05, 4.69) is 204 Å². The fraction of sp³-hybridized carbons (Fsp3) is 0. The molecule has 0 amide bonds. The Bertz CT molecular complexity index is 3680. The zero-order valence-corrected chi connectivity index (χ0v) is 38.0. The molecule has 0 bridgehead atoms. The van der Waals surface area contributed by atoms with Crippen molar-refractivity contribution in [1.82, 2.24) is 0 Å². The third-order valence-electron chi connectivity index (χ3n) is 13.4. The van der Waals surface area contributed by atoms with Crippen LogP contribution in [0.3, 0.4) is 0 Å². The minimum absolute atomic E-state index is 0.566. The van der Waals surface area contributed by atoms with E-state index < -0.39 is 0 Å². The zero-order valence-electron chi connectivity index (χ0n) is 38.0. The summed E-state index contributed by atoms with van der Waals surface area (Å²) in [5, 5.41) is 29.0. The average molecular weight is 891 g/mol. The Labute approximate surface area is 407 Å². The van der Waals surface area contributed by atoms with Gasteiger partial charge in [0.25, 0.3) is 0 Å². The topological polar surface area (TPSA) is 54.1 Å². The summed E-state index contributed by atoms with van der Waals surface area (Å²) >= 11 is 0. The van der Waals surface area contributed by atoms with Gasteiger partial charge in [-0.25, -0.2) is 0 Å². The molecule has 0 radical (unpaired) electrons. The molecular weight excluding hydrogens is 849 g/mol. The highest BCUT2D eigenvalue weighted by Gasteiger charge is 2.28. The van der Waals surface area contributed by atoms with E-state index in [4.69, 9.17) is 0 Å². The molecule has 0 saturated carbocycles. The van der Waals surface area contributed by atoms with E-state index in [-0.39, 0.29) is 0 Å². The van der Waals surface area contributed by atoms with Gasteiger partial charge in [-0.3, -0.25) is 0 Å². The van der Waals surface area contributed by atoms with Crippen LogP contribution in [0.5, 0.6) is 0 Å². The lowest BCUT2D eigenvalue weighted by Crippen LogP contribution is -2.14. The van der Waals surface area contributed by atoms with Gasteiger partial charge >= 0.3 is 0 Å². The van der Waals surface area contributed by atoms with Crippen molar-refractivity contribution in [3.63, 3.8) is 0 Å². The van der Waals surface area contributed by atoms with Crippen molar-refractivity contribution in [2.75, 3.05) is 9.80 Å². The summed E-state index contributed by atoms with van der Waals surface area (Å²) in [7, 11) is 0. The Morgan fingerprint density at radius 1 is 0.286 bits per heavy atom. The molecule has 0 aliphatic heterocycles. The van der Waals surface area contributed by atoms with Gasteiger partial charge in [0.1, 0.15) is 12.1 Å². The molecule has 0 aromatic heterocycles. The van der Waals surface area contributed by atoms with Gasteiger partial charge in [0.05, 0.1) is 33.9 Å². The predicted molar refractivity (Wildman–Crippen MR) is 291 cm³/mol. The van der Waals surface area contributed by atoms with Crippen LogP contribution in [0.4, 0.5) is 34.1 Å². The molecule has 4 heteroatoms. The van der Waals surface area contributed by atoms with Crippen LogP contribution in [0.25, 0.3) is 76.8 Å². The summed E-state index contributed by atoms with van der Waals surface area (Å²) in [5.41, 5.74) is 14.5. The van der Waals surface area contributed by atoms with E-state index >= 15 is 0 Å². The molecule has 0 atom stereocenters. The molecule has 0 saturated heterocycles. The summed E-state index contributed by atoms with van der Waals surface area (Å²) < 4.78 is 0. The Morgan fingerprint density at radius 3 is 0.943 bits per heavy atom. The summed E-state index contributed by atoms with van der Waals surface area (Å²) in [6.45, 7) is 0. The second kappa shape index (κ2) is 17.8. The normalized spacial score (nSPS) is 11.1. The first-order valence-corrected chi connectivity index (χ1v) is 23.5. The number of rotatable bonds is 10. The molecule has 0 aliphatic rings. The zero-order chi connectivity index (χ0) is 47.0. The van der Waals surface area contributed by atoms with E-state index in [9.17, 15) is 10.5 Å². The van der Waals surface area contributed by atoms with Gasteiger partial charge in [0, 0.05) is 33.3 Å². The quantitative estimate of drug-likeness (QED) is 0.128. The van der Waals surface area contributed by atoms with Crippen molar-refractivity contribution < 1.29 is 0 Å². The van der Waals surface area contributed by atoms with Crippen LogP contribution in [-0.2, 0) is 0 Å². The second-order valence-corrected chi connectivity index (χ2v) is 17.5. The van der Waals surface area contributed by atoms with Gasteiger partial charge in [-0.15, -0.1) is 0 Å². The number of nitriles is 2. The lowest BCUT2D eigenvalue weighted by Gasteiger charge is -2.32. The minimum atomic E-state index is 0.566. The molecule has 12 rings (SSSR count). The smallest absolute Gasteiger partial charge is 0.101 e. The molecule has 0 aliphatic carbocycles. The third kappa shape index (κ3) is 7.26. The van der Waals surface area contributed by atoms with E-state index in [1.807, 2.05) is 72.8 Å². The Balaban J connectivity index is 1.13. The highest BCUT2D eigenvalue weighted by Crippen LogP contribution is 2.52. The van der Waals surface area contributed by atoms with Gasteiger partial charge in [-0.1, -0.05) is 194 Å². The first kappa shape index (κ1) is 41.7. The number of anilines is 6. The fourth-order valence-electron chi connectivity index (χ4n) is 10.3. The lowest BCUT2D eigenvalue weighted by atomic mass is 9.89. The van der Waals surface area contributed by atoms with Crippen LogP contribution in [0, 0.1) is 22.7 Å². The first-order valence-electron chi connectivity index (χ1n) is 23.5. The second-order valence-electron chi connectivity index (χ2n) is 17.5. The molecule has 0 unspecified atom stereocenters. The monoisotopic (exact) mass is 890 g/mol. The Kier molecular flexibility index (Phi) is 10.6. The van der Waals surface area contributed by atoms with Gasteiger partial charge in [0.2, 0.25) is 0 Å². The maximum atomic E-state index is 11.2. The Morgan fingerprint density at radius 2 is 0.600 bits per heavy atom. The molecule has 326 valence electrons. The van der Waals surface area contributed by atoms with Gasteiger partial charge < -0.3 is 9.80 Å². The van der Waals surface area contributed by atoms with Crippen molar-refractivity contribution in [3.8, 4) is 56.6 Å². The highest BCUT2D eigenvalue weighted by molar-refractivity contribution is 6.28. The van der Waals surface area contributed by atoms with Crippen molar-refractivity contribution in [2.24, 2.45) is 0 Å². The predicted octanol–water partition coefficient (Wildman–Crippen LogP) is 17.9. The fourth-order valence-corrected chi connectivity index (χ4v) is 10.3. The molecule has 4 nitrogen and oxygen atoms in total. The number of para-hydroxylation sites is 2. The van der Waals surface area contributed by atoms with E-state index in [1.54, 1.807) is 0 Å². The molecule has 0 spiro atoms. The summed E-state index contributed by atoms with van der Waals surface area (Å²) in [6.07, 6.45) is 0. The van der Waals surface area contributed by atoms with Crippen LogP contribution in [-0.4, -0.2) is 0 Å². The van der Waals surface area contributed by atoms with Crippen LogP contribution in [0.2, 0.25) is 0 Å². The van der Waals surface area contributed by atoms with Crippen LogP contribution in [0.1, 0.15) is 11.1 Å². The first-order chi connectivity index (χ1) is 34.7. The maximum Gasteiger partial charge on any atom is 0.101 e.